The Hall–Kier alpha value is -1.26. The lowest BCUT2D eigenvalue weighted by molar-refractivity contribution is 0.757. The lowest BCUT2D eigenvalue weighted by Crippen LogP contribution is -2.16. The van der Waals surface area contributed by atoms with Crippen LogP contribution >= 0.6 is 22.9 Å². The second-order valence-electron chi connectivity index (χ2n) is 4.53. The van der Waals surface area contributed by atoms with Crippen LogP contribution in [0.2, 0.25) is 4.34 Å². The molecule has 3 rings (SSSR count). The first-order valence-electron chi connectivity index (χ1n) is 5.85. The van der Waals surface area contributed by atoms with Crippen LogP contribution in [0.25, 0.3) is 0 Å². The van der Waals surface area contributed by atoms with E-state index < -0.39 is 0 Å². The summed E-state index contributed by atoms with van der Waals surface area (Å²) in [6, 6.07) is 5.77. The van der Waals surface area contributed by atoms with Crippen molar-refractivity contribution in [1.82, 2.24) is 4.57 Å². The van der Waals surface area contributed by atoms with E-state index in [0.717, 1.165) is 22.9 Å². The van der Waals surface area contributed by atoms with Crippen LogP contribution in [0, 0.1) is 0 Å². The van der Waals surface area contributed by atoms with Crippen LogP contribution in [-0.2, 0) is 13.5 Å². The Morgan fingerprint density at radius 2 is 2.33 bits per heavy atom. The highest BCUT2D eigenvalue weighted by Gasteiger charge is 2.24. The maximum absolute atomic E-state index is 11.3. The summed E-state index contributed by atoms with van der Waals surface area (Å²) in [6.45, 7) is 0. The molecule has 2 heterocycles. The molecule has 2 aromatic rings. The van der Waals surface area contributed by atoms with Gasteiger partial charge in [0.15, 0.2) is 0 Å². The first kappa shape index (κ1) is 11.8. The number of pyridine rings is 1. The second kappa shape index (κ2) is 4.44. The van der Waals surface area contributed by atoms with Gasteiger partial charge < -0.3 is 9.88 Å². The third kappa shape index (κ3) is 2.06. The first-order valence-corrected chi connectivity index (χ1v) is 7.04. The van der Waals surface area contributed by atoms with Gasteiger partial charge in [-0.3, -0.25) is 4.79 Å². The highest BCUT2D eigenvalue weighted by atomic mass is 35.5. The van der Waals surface area contributed by atoms with Gasteiger partial charge in [0, 0.05) is 24.2 Å². The molecule has 3 nitrogen and oxygen atoms in total. The van der Waals surface area contributed by atoms with E-state index in [9.17, 15) is 4.79 Å². The minimum absolute atomic E-state index is 0.00578. The van der Waals surface area contributed by atoms with Crippen molar-refractivity contribution in [2.24, 2.45) is 7.05 Å². The molecule has 2 aromatic heterocycles. The zero-order chi connectivity index (χ0) is 12.7. The van der Waals surface area contributed by atoms with Crippen LogP contribution in [0.3, 0.4) is 0 Å². The fourth-order valence-corrected chi connectivity index (χ4v) is 3.72. The van der Waals surface area contributed by atoms with E-state index in [1.54, 1.807) is 29.0 Å². The summed E-state index contributed by atoms with van der Waals surface area (Å²) in [5.41, 5.74) is 2.28. The van der Waals surface area contributed by atoms with Gasteiger partial charge in [0.1, 0.15) is 0 Å². The molecule has 94 valence electrons. The molecule has 18 heavy (non-hydrogen) atoms. The maximum atomic E-state index is 11.3. The van der Waals surface area contributed by atoms with E-state index in [1.807, 2.05) is 18.3 Å². The normalized spacial score (nSPS) is 17.8. The Labute approximate surface area is 114 Å². The Morgan fingerprint density at radius 1 is 1.50 bits per heavy atom. The number of anilines is 1. The lowest BCUT2D eigenvalue weighted by Gasteiger charge is -2.14. The number of aryl methyl sites for hydroxylation is 2. The maximum Gasteiger partial charge on any atom is 0.250 e. The summed E-state index contributed by atoms with van der Waals surface area (Å²) in [5, 5.41) is 3.47. The smallest absolute Gasteiger partial charge is 0.250 e. The number of nitrogens with zero attached hydrogens (tertiary/aromatic N) is 1. The largest absolute Gasteiger partial charge is 0.377 e. The zero-order valence-electron chi connectivity index (χ0n) is 9.94. The van der Waals surface area contributed by atoms with Crippen LogP contribution in [0.15, 0.2) is 29.2 Å². The van der Waals surface area contributed by atoms with Crippen LogP contribution in [0.5, 0.6) is 0 Å². The molecule has 1 unspecified atom stereocenters. The van der Waals surface area contributed by atoms with Gasteiger partial charge in [-0.15, -0.1) is 11.3 Å². The molecule has 0 spiro atoms. The molecule has 0 fully saturated rings. The predicted molar refractivity (Wildman–Crippen MR) is 75.7 cm³/mol. The molecule has 0 saturated carbocycles. The number of aromatic nitrogens is 1. The Morgan fingerprint density at radius 3 is 3.11 bits per heavy atom. The highest BCUT2D eigenvalue weighted by molar-refractivity contribution is 7.16. The number of rotatable bonds is 2. The average molecular weight is 281 g/mol. The summed E-state index contributed by atoms with van der Waals surface area (Å²) in [6.07, 6.45) is 3.99. The minimum Gasteiger partial charge on any atom is -0.377 e. The molecule has 0 saturated heterocycles. The van der Waals surface area contributed by atoms with Crippen LogP contribution in [-0.4, -0.2) is 4.57 Å². The summed E-state index contributed by atoms with van der Waals surface area (Å²) < 4.78 is 2.44. The van der Waals surface area contributed by atoms with E-state index in [2.05, 4.69) is 5.32 Å². The van der Waals surface area contributed by atoms with Gasteiger partial charge in [-0.25, -0.2) is 0 Å². The van der Waals surface area contributed by atoms with Crippen molar-refractivity contribution in [3.05, 3.63) is 49.5 Å². The Bertz CT molecular complexity index is 647. The van der Waals surface area contributed by atoms with Crippen molar-refractivity contribution in [3.8, 4) is 0 Å². The van der Waals surface area contributed by atoms with Gasteiger partial charge in [0.2, 0.25) is 5.56 Å². The SMILES string of the molecule is Cn1cc(NC2CCc3sc(Cl)cc32)ccc1=O. The molecule has 0 radical (unpaired) electrons. The summed E-state index contributed by atoms with van der Waals surface area (Å²) in [5.74, 6) is 0. The molecule has 1 aliphatic rings. The van der Waals surface area contributed by atoms with Gasteiger partial charge in [-0.2, -0.15) is 0 Å². The molecule has 0 aliphatic heterocycles. The highest BCUT2D eigenvalue weighted by Crippen LogP contribution is 2.40. The van der Waals surface area contributed by atoms with E-state index in [-0.39, 0.29) is 5.56 Å². The van der Waals surface area contributed by atoms with Crippen LogP contribution in [0.1, 0.15) is 22.9 Å². The van der Waals surface area contributed by atoms with Gasteiger partial charge in [0.25, 0.3) is 0 Å². The molecule has 0 aromatic carbocycles. The molecular weight excluding hydrogens is 268 g/mol. The lowest BCUT2D eigenvalue weighted by atomic mass is 10.1. The zero-order valence-corrected chi connectivity index (χ0v) is 11.5. The standard InChI is InChI=1S/C13H13ClN2OS/c1-16-7-8(2-5-13(16)17)15-10-3-4-11-9(10)6-12(14)18-11/h2,5-7,10,15H,3-4H2,1H3. The molecule has 5 heteroatoms. The molecule has 0 amide bonds. The summed E-state index contributed by atoms with van der Waals surface area (Å²) in [4.78, 5) is 12.7. The van der Waals surface area contributed by atoms with E-state index in [0.29, 0.717) is 6.04 Å². The van der Waals surface area contributed by atoms with Gasteiger partial charge >= 0.3 is 0 Å². The average Bonchev–Trinajstić information content (AvgIpc) is 2.85. The quantitative estimate of drug-likeness (QED) is 0.917. The number of fused-ring (bicyclic) bond motifs is 1. The molecule has 1 N–H and O–H groups in total. The van der Waals surface area contributed by atoms with Gasteiger partial charge in [-0.1, -0.05) is 11.6 Å². The first-order chi connectivity index (χ1) is 8.63. The predicted octanol–water partition coefficient (Wildman–Crippen LogP) is 3.20. The minimum atomic E-state index is 0.00578. The number of hydrogen-bond donors (Lipinski definition) is 1. The Balaban J connectivity index is 1.85. The van der Waals surface area contributed by atoms with E-state index in [4.69, 9.17) is 11.6 Å². The Kier molecular flexibility index (Phi) is 2.92. The molecule has 0 bridgehead atoms. The molecule has 1 atom stereocenters. The molecule has 1 aliphatic carbocycles. The van der Waals surface area contributed by atoms with Crippen molar-refractivity contribution < 1.29 is 0 Å². The van der Waals surface area contributed by atoms with Gasteiger partial charge in [0.05, 0.1) is 16.1 Å². The number of hydrogen-bond acceptors (Lipinski definition) is 3. The monoisotopic (exact) mass is 280 g/mol. The number of thiophene rings is 1. The second-order valence-corrected chi connectivity index (χ2v) is 6.30. The summed E-state index contributed by atoms with van der Waals surface area (Å²) >= 11 is 7.70. The van der Waals surface area contributed by atoms with Crippen LogP contribution in [0.4, 0.5) is 5.69 Å². The fraction of sp³-hybridized carbons (Fsp3) is 0.308. The number of halogens is 1. The number of nitrogens with one attached hydrogen (secondary N) is 1. The summed E-state index contributed by atoms with van der Waals surface area (Å²) in [7, 11) is 1.76. The van der Waals surface area contributed by atoms with E-state index >= 15 is 0 Å². The van der Waals surface area contributed by atoms with Crippen molar-refractivity contribution in [3.63, 3.8) is 0 Å². The third-order valence-electron chi connectivity index (χ3n) is 3.27. The topological polar surface area (TPSA) is 34.0 Å². The van der Waals surface area contributed by atoms with Gasteiger partial charge in [-0.05, 0) is 30.5 Å². The van der Waals surface area contributed by atoms with Crippen molar-refractivity contribution >= 4 is 28.6 Å². The van der Waals surface area contributed by atoms with Crippen molar-refractivity contribution in [1.29, 1.82) is 0 Å². The molecular formula is C13H13ClN2OS. The van der Waals surface area contributed by atoms with Crippen LogP contribution < -0.4 is 10.9 Å². The van der Waals surface area contributed by atoms with Crippen molar-refractivity contribution in [2.75, 3.05) is 5.32 Å². The van der Waals surface area contributed by atoms with E-state index in [1.165, 1.54) is 10.4 Å². The fourth-order valence-electron chi connectivity index (χ4n) is 2.36. The third-order valence-corrected chi connectivity index (χ3v) is 4.61. The van der Waals surface area contributed by atoms with Crippen molar-refractivity contribution in [2.45, 2.75) is 18.9 Å².